The molecule has 0 heterocycles. The minimum atomic E-state index is -4.65. The molecule has 0 saturated carbocycles. The van der Waals surface area contributed by atoms with Crippen molar-refractivity contribution in [2.24, 2.45) is 0 Å². The summed E-state index contributed by atoms with van der Waals surface area (Å²) in [6, 6.07) is 11.5. The molecule has 0 saturated heterocycles. The molecule has 0 atom stereocenters. The van der Waals surface area contributed by atoms with Gasteiger partial charge in [-0.3, -0.25) is 0 Å². The van der Waals surface area contributed by atoms with Crippen LogP contribution in [0.1, 0.15) is 0 Å². The van der Waals surface area contributed by atoms with Crippen LogP contribution in [0.3, 0.4) is 0 Å². The fourth-order valence-electron chi connectivity index (χ4n) is 1.66. The molecule has 94 valence electrons. The Bertz CT molecular complexity index is 690. The second-order valence-corrected chi connectivity index (χ2v) is 5.47. The third-order valence-corrected chi connectivity index (χ3v) is 3.56. The van der Waals surface area contributed by atoms with Crippen LogP contribution in [0, 0.1) is 0 Å². The minimum absolute atomic E-state index is 0. The molecule has 0 fully saturated rings. The predicted molar refractivity (Wildman–Crippen MR) is 69.3 cm³/mol. The molecule has 2 aromatic rings. The first-order valence-corrected chi connectivity index (χ1v) is 6.78. The van der Waals surface area contributed by atoms with E-state index in [1.165, 1.54) is 6.07 Å². The second-order valence-electron chi connectivity index (χ2n) is 3.69. The molecular weight excluding hydrogens is 297 g/mol. The fourth-order valence-corrected chi connectivity index (χ4v) is 2.59. The first-order chi connectivity index (χ1) is 8.39. The summed E-state index contributed by atoms with van der Waals surface area (Å²) >= 11 is 5.82. The van der Waals surface area contributed by atoms with Crippen molar-refractivity contribution < 1.29 is 42.5 Å². The molecule has 0 aliphatic heterocycles. The molecule has 0 spiro atoms. The molecule has 4 nitrogen and oxygen atoms in total. The van der Waals surface area contributed by atoms with E-state index in [-0.39, 0.29) is 40.3 Å². The quantitative estimate of drug-likeness (QED) is 0.460. The van der Waals surface area contributed by atoms with Crippen molar-refractivity contribution in [2.75, 3.05) is 5.73 Å². The Kier molecular flexibility index (Phi) is 5.43. The number of rotatable bonds is 2. The maximum Gasteiger partial charge on any atom is 1.00 e. The van der Waals surface area contributed by atoms with Crippen molar-refractivity contribution in [3.05, 3.63) is 47.5 Å². The Morgan fingerprint density at radius 3 is 2.21 bits per heavy atom. The molecule has 2 aromatic carbocycles. The summed E-state index contributed by atoms with van der Waals surface area (Å²) in [5.74, 6) is 0. The smallest absolute Gasteiger partial charge is 0.744 e. The van der Waals surface area contributed by atoms with Gasteiger partial charge in [0.1, 0.15) is 10.1 Å². The van der Waals surface area contributed by atoms with Crippen LogP contribution < -0.4 is 35.3 Å². The van der Waals surface area contributed by atoms with Crippen LogP contribution in [0.15, 0.2) is 47.4 Å². The molecule has 0 unspecified atom stereocenters. The molecule has 0 aliphatic rings. The van der Waals surface area contributed by atoms with Crippen molar-refractivity contribution in [1.29, 1.82) is 0 Å². The molecule has 0 bridgehead atoms. The van der Waals surface area contributed by atoms with Crippen molar-refractivity contribution in [3.8, 4) is 11.1 Å². The first kappa shape index (κ1) is 16.5. The van der Waals surface area contributed by atoms with Crippen molar-refractivity contribution in [3.63, 3.8) is 0 Å². The van der Waals surface area contributed by atoms with Crippen molar-refractivity contribution in [1.82, 2.24) is 0 Å². The van der Waals surface area contributed by atoms with Gasteiger partial charge >= 0.3 is 29.6 Å². The number of nitrogens with two attached hydrogens (primary N) is 1. The number of benzene rings is 2. The summed E-state index contributed by atoms with van der Waals surface area (Å²) in [4.78, 5) is -0.492. The van der Waals surface area contributed by atoms with Crippen LogP contribution in [-0.2, 0) is 10.1 Å². The van der Waals surface area contributed by atoms with E-state index in [1.54, 1.807) is 24.3 Å². The number of hydrogen-bond acceptors (Lipinski definition) is 4. The average Bonchev–Trinajstić information content (AvgIpc) is 2.31. The van der Waals surface area contributed by atoms with Gasteiger partial charge in [-0.1, -0.05) is 41.9 Å². The van der Waals surface area contributed by atoms with Crippen LogP contribution in [0.2, 0.25) is 5.02 Å². The minimum Gasteiger partial charge on any atom is -0.744 e. The molecule has 0 aliphatic carbocycles. The number of hydrogen-bond donors (Lipinski definition) is 1. The van der Waals surface area contributed by atoms with E-state index in [1.807, 2.05) is 6.07 Å². The molecule has 2 rings (SSSR count). The molecule has 0 radical (unpaired) electrons. The topological polar surface area (TPSA) is 83.2 Å². The molecule has 7 heteroatoms. The molecule has 0 amide bonds. The van der Waals surface area contributed by atoms with E-state index in [9.17, 15) is 13.0 Å². The van der Waals surface area contributed by atoms with Crippen LogP contribution in [0.25, 0.3) is 11.1 Å². The Morgan fingerprint density at radius 2 is 1.68 bits per heavy atom. The number of anilines is 1. The third-order valence-electron chi connectivity index (χ3n) is 2.46. The summed E-state index contributed by atoms with van der Waals surface area (Å²) in [5.41, 5.74) is 6.77. The zero-order chi connectivity index (χ0) is 13.3. The third kappa shape index (κ3) is 3.72. The standard InChI is InChI=1S/C12H10ClNO3S.Na/c13-9-6-10(8-4-2-1-3-5-8)12(14)11(7-9)18(15,16)17;/h1-7H,14H2,(H,15,16,17);/q;+1/p-1. The molecular formula is C12H9ClNNaO3S. The van der Waals surface area contributed by atoms with Gasteiger partial charge in [0.05, 0.1) is 10.6 Å². The number of halogens is 1. The molecule has 0 aromatic heterocycles. The Morgan fingerprint density at radius 1 is 1.11 bits per heavy atom. The summed E-state index contributed by atoms with van der Waals surface area (Å²) < 4.78 is 33.3. The van der Waals surface area contributed by atoms with Gasteiger partial charge in [0, 0.05) is 10.6 Å². The van der Waals surface area contributed by atoms with E-state index in [4.69, 9.17) is 17.3 Å². The van der Waals surface area contributed by atoms with Crippen molar-refractivity contribution in [2.45, 2.75) is 4.90 Å². The van der Waals surface area contributed by atoms with E-state index in [2.05, 4.69) is 0 Å². The van der Waals surface area contributed by atoms with E-state index in [0.29, 0.717) is 11.1 Å². The van der Waals surface area contributed by atoms with E-state index >= 15 is 0 Å². The van der Waals surface area contributed by atoms with Crippen LogP contribution >= 0.6 is 11.6 Å². The van der Waals surface area contributed by atoms with Gasteiger partial charge in [0.2, 0.25) is 0 Å². The zero-order valence-corrected chi connectivity index (χ0v) is 13.7. The average molecular weight is 306 g/mol. The molecule has 19 heavy (non-hydrogen) atoms. The summed E-state index contributed by atoms with van der Waals surface area (Å²) in [7, 11) is -4.65. The number of nitrogen functional groups attached to an aromatic ring is 1. The monoisotopic (exact) mass is 305 g/mol. The van der Waals surface area contributed by atoms with Crippen molar-refractivity contribution >= 4 is 27.4 Å². The van der Waals surface area contributed by atoms with Gasteiger partial charge in [-0.05, 0) is 17.7 Å². The maximum absolute atomic E-state index is 11.1. The Hall–Kier alpha value is -0.560. The van der Waals surface area contributed by atoms with Gasteiger partial charge in [-0.2, -0.15) is 0 Å². The predicted octanol–water partition coefficient (Wildman–Crippen LogP) is -0.503. The fraction of sp³-hybridized carbons (Fsp3) is 0. The maximum atomic E-state index is 11.1. The van der Waals surface area contributed by atoms with E-state index in [0.717, 1.165) is 6.07 Å². The van der Waals surface area contributed by atoms with Gasteiger partial charge in [-0.25, -0.2) is 8.42 Å². The Balaban J connectivity index is 0.00000180. The molecule has 2 N–H and O–H groups in total. The van der Waals surface area contributed by atoms with Crippen LogP contribution in [0.5, 0.6) is 0 Å². The van der Waals surface area contributed by atoms with Crippen LogP contribution in [-0.4, -0.2) is 13.0 Å². The summed E-state index contributed by atoms with van der Waals surface area (Å²) in [5, 5.41) is 0.150. The Labute approximate surface area is 138 Å². The van der Waals surface area contributed by atoms with Gasteiger partial charge in [-0.15, -0.1) is 0 Å². The summed E-state index contributed by atoms with van der Waals surface area (Å²) in [6.45, 7) is 0. The van der Waals surface area contributed by atoms with Crippen LogP contribution in [0.4, 0.5) is 5.69 Å². The summed E-state index contributed by atoms with van der Waals surface area (Å²) in [6.07, 6.45) is 0. The first-order valence-electron chi connectivity index (χ1n) is 5.00. The van der Waals surface area contributed by atoms with E-state index < -0.39 is 15.0 Å². The van der Waals surface area contributed by atoms with Gasteiger partial charge in [0.25, 0.3) is 0 Å². The zero-order valence-electron chi connectivity index (χ0n) is 10.1. The van der Waals surface area contributed by atoms with Gasteiger partial charge in [0.15, 0.2) is 0 Å². The second kappa shape index (κ2) is 6.26. The normalized spacial score (nSPS) is 10.8. The SMILES string of the molecule is Nc1c(-c2ccccc2)cc(Cl)cc1S(=O)(=O)[O-].[Na+]. The largest absolute Gasteiger partial charge is 1.00 e. The van der Waals surface area contributed by atoms with Gasteiger partial charge < -0.3 is 10.3 Å².